The number of hydrogen-bond acceptors (Lipinski definition) is 4. The van der Waals surface area contributed by atoms with Gasteiger partial charge in [-0.05, 0) is 33.4 Å². The van der Waals surface area contributed by atoms with Crippen molar-refractivity contribution in [2.45, 2.75) is 53.0 Å². The predicted octanol–water partition coefficient (Wildman–Crippen LogP) is 3.20. The topological polar surface area (TPSA) is 65.7 Å². The molecule has 0 saturated heterocycles. The van der Waals surface area contributed by atoms with Gasteiger partial charge in [0, 0.05) is 31.6 Å². The van der Waals surface area contributed by atoms with Crippen LogP contribution in [0.3, 0.4) is 0 Å². The molecular formula is C17H34IN5O. The molecule has 2 N–H and O–H groups in total. The summed E-state index contributed by atoms with van der Waals surface area (Å²) in [7, 11) is 2.11. The molecule has 0 saturated carbocycles. The average molecular weight is 451 g/mol. The molecule has 0 spiro atoms. The third kappa shape index (κ3) is 8.32. The molecule has 0 aliphatic carbocycles. The molecule has 6 nitrogen and oxygen atoms in total. The lowest BCUT2D eigenvalue weighted by molar-refractivity contribution is 0.356. The Labute approximate surface area is 163 Å². The molecule has 140 valence electrons. The third-order valence-corrected chi connectivity index (χ3v) is 4.04. The summed E-state index contributed by atoms with van der Waals surface area (Å²) in [6.45, 7) is 12.8. The van der Waals surface area contributed by atoms with Crippen LogP contribution in [0.5, 0.6) is 0 Å². The van der Waals surface area contributed by atoms with E-state index in [9.17, 15) is 0 Å². The fraction of sp³-hybridized carbons (Fsp3) is 0.765. The molecule has 24 heavy (non-hydrogen) atoms. The minimum Gasteiger partial charge on any atom is -0.359 e. The fourth-order valence-corrected chi connectivity index (χ4v) is 2.32. The number of nitrogens with one attached hydrogen (secondary N) is 2. The first-order chi connectivity index (χ1) is 11.1. The summed E-state index contributed by atoms with van der Waals surface area (Å²) in [5, 5.41) is 10.8. The highest BCUT2D eigenvalue weighted by Crippen LogP contribution is 2.22. The number of aromatic nitrogens is 1. The van der Waals surface area contributed by atoms with Gasteiger partial charge in [-0.1, -0.05) is 25.9 Å². The summed E-state index contributed by atoms with van der Waals surface area (Å²) in [5.74, 6) is 2.11. The van der Waals surface area contributed by atoms with E-state index in [0.29, 0.717) is 12.5 Å². The van der Waals surface area contributed by atoms with Crippen LogP contribution in [0.2, 0.25) is 0 Å². The van der Waals surface area contributed by atoms with Crippen LogP contribution in [-0.2, 0) is 6.54 Å². The standard InChI is InChI=1S/C17H33N5O.HI/c1-6-14(7-2)16-12-15(23-21-16)13-20-17(18-8-3)19-10-11-22(5)9-4;/h12,14H,6-11,13H2,1-5H3,(H2,18,19,20);1H. The van der Waals surface area contributed by atoms with Crippen LogP contribution in [0.15, 0.2) is 15.6 Å². The minimum atomic E-state index is 0. The van der Waals surface area contributed by atoms with Gasteiger partial charge in [-0.15, -0.1) is 24.0 Å². The van der Waals surface area contributed by atoms with Crippen molar-refractivity contribution in [3.05, 3.63) is 17.5 Å². The number of rotatable bonds is 10. The Hall–Kier alpha value is -0.830. The van der Waals surface area contributed by atoms with Gasteiger partial charge in [-0.25, -0.2) is 4.99 Å². The smallest absolute Gasteiger partial charge is 0.191 e. The van der Waals surface area contributed by atoms with Crippen LogP contribution in [0.1, 0.15) is 57.9 Å². The number of likely N-dealkylation sites (N-methyl/N-ethyl adjacent to an activating group) is 1. The number of guanidine groups is 1. The second-order valence-electron chi connectivity index (χ2n) is 5.75. The summed E-state index contributed by atoms with van der Waals surface area (Å²) in [4.78, 5) is 6.83. The molecule has 1 aromatic heterocycles. The number of aliphatic imine (C=N–C) groups is 1. The van der Waals surface area contributed by atoms with E-state index in [-0.39, 0.29) is 24.0 Å². The maximum atomic E-state index is 5.42. The van der Waals surface area contributed by atoms with Gasteiger partial charge in [0.1, 0.15) is 6.54 Å². The van der Waals surface area contributed by atoms with Crippen LogP contribution in [0, 0.1) is 0 Å². The van der Waals surface area contributed by atoms with Gasteiger partial charge in [-0.2, -0.15) is 0 Å². The zero-order valence-corrected chi connectivity index (χ0v) is 18.1. The number of hydrogen-bond donors (Lipinski definition) is 2. The molecule has 0 bridgehead atoms. The van der Waals surface area contributed by atoms with Gasteiger partial charge in [0.2, 0.25) is 0 Å². The molecular weight excluding hydrogens is 417 g/mol. The fourth-order valence-electron chi connectivity index (χ4n) is 2.32. The van der Waals surface area contributed by atoms with Crippen LogP contribution in [0.4, 0.5) is 0 Å². The van der Waals surface area contributed by atoms with E-state index < -0.39 is 0 Å². The van der Waals surface area contributed by atoms with Crippen molar-refractivity contribution in [1.29, 1.82) is 0 Å². The van der Waals surface area contributed by atoms with Crippen molar-refractivity contribution in [3.8, 4) is 0 Å². The molecule has 0 radical (unpaired) electrons. The number of nitrogens with zero attached hydrogens (tertiary/aromatic N) is 3. The summed E-state index contributed by atoms with van der Waals surface area (Å²) in [5.41, 5.74) is 1.04. The molecule has 7 heteroatoms. The largest absolute Gasteiger partial charge is 0.359 e. The van der Waals surface area contributed by atoms with E-state index in [2.05, 4.69) is 60.4 Å². The van der Waals surface area contributed by atoms with E-state index in [1.165, 1.54) is 0 Å². The second-order valence-corrected chi connectivity index (χ2v) is 5.75. The molecule has 0 aromatic carbocycles. The Morgan fingerprint density at radius 1 is 1.25 bits per heavy atom. The van der Waals surface area contributed by atoms with Crippen LogP contribution in [-0.4, -0.2) is 49.2 Å². The first-order valence-corrected chi connectivity index (χ1v) is 8.80. The van der Waals surface area contributed by atoms with Crippen molar-refractivity contribution in [2.75, 3.05) is 33.2 Å². The molecule has 1 heterocycles. The highest BCUT2D eigenvalue weighted by molar-refractivity contribution is 14.0. The van der Waals surface area contributed by atoms with Crippen molar-refractivity contribution < 1.29 is 4.52 Å². The molecule has 0 aliphatic heterocycles. The summed E-state index contributed by atoms with van der Waals surface area (Å²) in [6.07, 6.45) is 2.17. The number of halogens is 1. The third-order valence-electron chi connectivity index (χ3n) is 4.04. The van der Waals surface area contributed by atoms with E-state index in [1.54, 1.807) is 0 Å². The van der Waals surface area contributed by atoms with Gasteiger partial charge in [0.15, 0.2) is 11.7 Å². The molecule has 1 aromatic rings. The zero-order valence-electron chi connectivity index (χ0n) is 15.8. The monoisotopic (exact) mass is 451 g/mol. The maximum absolute atomic E-state index is 5.42. The minimum absolute atomic E-state index is 0. The van der Waals surface area contributed by atoms with Crippen molar-refractivity contribution in [3.63, 3.8) is 0 Å². The lowest BCUT2D eigenvalue weighted by Gasteiger charge is -2.16. The van der Waals surface area contributed by atoms with Crippen LogP contribution < -0.4 is 10.6 Å². The molecule has 0 atom stereocenters. The van der Waals surface area contributed by atoms with Crippen LogP contribution >= 0.6 is 24.0 Å². The summed E-state index contributed by atoms with van der Waals surface area (Å²) >= 11 is 0. The Bertz CT molecular complexity index is 460. The van der Waals surface area contributed by atoms with Gasteiger partial charge in [0.05, 0.1) is 5.69 Å². The van der Waals surface area contributed by atoms with E-state index in [4.69, 9.17) is 4.52 Å². The van der Waals surface area contributed by atoms with Crippen molar-refractivity contribution in [2.24, 2.45) is 4.99 Å². The normalized spacial score (nSPS) is 11.7. The van der Waals surface area contributed by atoms with Crippen molar-refractivity contribution >= 4 is 29.9 Å². The summed E-state index contributed by atoms with van der Waals surface area (Å²) < 4.78 is 5.42. The molecule has 0 fully saturated rings. The molecule has 1 rings (SSSR count). The lowest BCUT2D eigenvalue weighted by atomic mass is 9.99. The molecule has 0 unspecified atom stereocenters. The summed E-state index contributed by atoms with van der Waals surface area (Å²) in [6, 6.07) is 2.04. The van der Waals surface area contributed by atoms with Gasteiger partial charge in [-0.3, -0.25) is 0 Å². The Balaban J connectivity index is 0.00000529. The quantitative estimate of drug-likeness (QED) is 0.325. The van der Waals surface area contributed by atoms with E-state index in [1.807, 2.05) is 6.07 Å². The molecule has 0 aliphatic rings. The highest BCUT2D eigenvalue weighted by atomic mass is 127. The SMILES string of the molecule is CCNC(=NCc1cc(C(CC)CC)no1)NCCN(C)CC.I. The maximum Gasteiger partial charge on any atom is 0.191 e. The first-order valence-electron chi connectivity index (χ1n) is 8.80. The van der Waals surface area contributed by atoms with Crippen molar-refractivity contribution in [1.82, 2.24) is 20.7 Å². The van der Waals surface area contributed by atoms with E-state index >= 15 is 0 Å². The van der Waals surface area contributed by atoms with Gasteiger partial charge < -0.3 is 20.1 Å². The van der Waals surface area contributed by atoms with Crippen LogP contribution in [0.25, 0.3) is 0 Å². The first kappa shape index (κ1) is 23.2. The van der Waals surface area contributed by atoms with E-state index in [0.717, 1.165) is 56.4 Å². The second kappa shape index (κ2) is 13.5. The Morgan fingerprint density at radius 2 is 1.96 bits per heavy atom. The van der Waals surface area contributed by atoms with Gasteiger partial charge in [0.25, 0.3) is 0 Å². The zero-order chi connectivity index (χ0) is 17.1. The van der Waals surface area contributed by atoms with Gasteiger partial charge >= 0.3 is 0 Å². The molecule has 0 amide bonds. The predicted molar refractivity (Wildman–Crippen MR) is 111 cm³/mol. The lowest BCUT2D eigenvalue weighted by Crippen LogP contribution is -2.40. The average Bonchev–Trinajstić information content (AvgIpc) is 3.02. The highest BCUT2D eigenvalue weighted by Gasteiger charge is 2.12. The Morgan fingerprint density at radius 3 is 2.54 bits per heavy atom. The Kier molecular flexibility index (Phi) is 13.0.